The number of allylic oxidation sites excluding steroid dienone is 3. The zero-order valence-corrected chi connectivity index (χ0v) is 8.34. The molecular weight excluding hydrogens is 172 g/mol. The number of ether oxygens (including phenoxy) is 1. The van der Waals surface area contributed by atoms with E-state index in [2.05, 4.69) is 19.9 Å². The van der Waals surface area contributed by atoms with Crippen LogP contribution in [0.25, 0.3) is 0 Å². The van der Waals surface area contributed by atoms with Crippen LogP contribution in [0.5, 0.6) is 0 Å². The minimum absolute atomic E-state index is 0.0623. The molecule has 2 atom stereocenters. The highest BCUT2D eigenvalue weighted by Gasteiger charge is 2.13. The van der Waals surface area contributed by atoms with Gasteiger partial charge in [0.25, 0.3) is 0 Å². The molecule has 0 aliphatic heterocycles. The number of hydrogen-bond donors (Lipinski definition) is 0. The van der Waals surface area contributed by atoms with Crippen molar-refractivity contribution in [1.82, 2.24) is 0 Å². The van der Waals surface area contributed by atoms with Gasteiger partial charge in [-0.15, -0.1) is 11.6 Å². The molecular formula is C10H15ClO. The first-order valence-corrected chi connectivity index (χ1v) is 4.85. The summed E-state index contributed by atoms with van der Waals surface area (Å²) < 4.78 is 5.63. The number of rotatable bonds is 3. The standard InChI is InChI=1S/C10H15ClO/c1-3-8(2)12-10-7-5-4-6-9(10)11/h4,6-9H,3,5H2,1-2H3. The van der Waals surface area contributed by atoms with Gasteiger partial charge in [0, 0.05) is 0 Å². The molecule has 0 aromatic rings. The van der Waals surface area contributed by atoms with E-state index in [0.717, 1.165) is 18.6 Å². The Morgan fingerprint density at radius 2 is 2.50 bits per heavy atom. The first kappa shape index (κ1) is 9.66. The summed E-state index contributed by atoms with van der Waals surface area (Å²) in [5.41, 5.74) is 0. The number of hydrogen-bond acceptors (Lipinski definition) is 1. The van der Waals surface area contributed by atoms with Gasteiger partial charge in [-0.25, -0.2) is 0 Å². The smallest absolute Gasteiger partial charge is 0.114 e. The zero-order valence-electron chi connectivity index (χ0n) is 7.59. The highest BCUT2D eigenvalue weighted by Crippen LogP contribution is 2.20. The number of alkyl halides is 1. The normalized spacial score (nSPS) is 24.9. The van der Waals surface area contributed by atoms with Crippen LogP contribution in [0, 0.1) is 0 Å². The second kappa shape index (κ2) is 4.56. The van der Waals surface area contributed by atoms with Gasteiger partial charge >= 0.3 is 0 Å². The van der Waals surface area contributed by atoms with E-state index in [1.165, 1.54) is 0 Å². The fourth-order valence-corrected chi connectivity index (χ4v) is 1.26. The summed E-state index contributed by atoms with van der Waals surface area (Å²) in [5, 5.41) is -0.0623. The molecule has 0 N–H and O–H groups in total. The Labute approximate surface area is 79.1 Å². The fourth-order valence-electron chi connectivity index (χ4n) is 1.02. The zero-order chi connectivity index (χ0) is 8.97. The lowest BCUT2D eigenvalue weighted by Crippen LogP contribution is -2.13. The Kier molecular flexibility index (Phi) is 3.67. The molecule has 0 aromatic heterocycles. The Balaban J connectivity index is 2.46. The Morgan fingerprint density at radius 3 is 3.08 bits per heavy atom. The van der Waals surface area contributed by atoms with E-state index < -0.39 is 0 Å². The first-order chi connectivity index (χ1) is 5.74. The van der Waals surface area contributed by atoms with Crippen LogP contribution in [0.15, 0.2) is 24.0 Å². The van der Waals surface area contributed by atoms with Crippen molar-refractivity contribution in [3.8, 4) is 0 Å². The van der Waals surface area contributed by atoms with E-state index >= 15 is 0 Å². The van der Waals surface area contributed by atoms with Crippen LogP contribution in [0.3, 0.4) is 0 Å². The van der Waals surface area contributed by atoms with Crippen molar-refractivity contribution >= 4 is 11.6 Å². The number of halogens is 1. The van der Waals surface area contributed by atoms with Crippen LogP contribution in [0.4, 0.5) is 0 Å². The van der Waals surface area contributed by atoms with Crippen LogP contribution >= 0.6 is 11.6 Å². The van der Waals surface area contributed by atoms with E-state index in [1.54, 1.807) is 0 Å². The molecule has 0 bridgehead atoms. The molecule has 12 heavy (non-hydrogen) atoms. The van der Waals surface area contributed by atoms with Crippen molar-refractivity contribution in [2.75, 3.05) is 0 Å². The van der Waals surface area contributed by atoms with Crippen molar-refractivity contribution < 1.29 is 4.74 Å². The van der Waals surface area contributed by atoms with E-state index in [1.807, 2.05) is 12.2 Å². The second-order valence-corrected chi connectivity index (χ2v) is 3.48. The molecule has 1 rings (SSSR count). The maximum Gasteiger partial charge on any atom is 0.114 e. The Morgan fingerprint density at radius 1 is 1.75 bits per heavy atom. The summed E-state index contributed by atoms with van der Waals surface area (Å²) in [5.74, 6) is 0.911. The molecule has 68 valence electrons. The van der Waals surface area contributed by atoms with Crippen LogP contribution in [0.2, 0.25) is 0 Å². The third kappa shape index (κ3) is 2.56. The van der Waals surface area contributed by atoms with Gasteiger partial charge in [0.05, 0.1) is 6.10 Å². The largest absolute Gasteiger partial charge is 0.493 e. The summed E-state index contributed by atoms with van der Waals surface area (Å²) in [6.45, 7) is 4.16. The fraction of sp³-hybridized carbons (Fsp3) is 0.600. The third-order valence-electron chi connectivity index (χ3n) is 1.94. The topological polar surface area (TPSA) is 9.23 Å². The van der Waals surface area contributed by atoms with Gasteiger partial charge < -0.3 is 4.74 Å². The SMILES string of the molecule is CCC(C)OC1=CCC=CC1Cl. The molecule has 0 saturated heterocycles. The van der Waals surface area contributed by atoms with Crippen molar-refractivity contribution in [3.05, 3.63) is 24.0 Å². The molecule has 1 aliphatic rings. The monoisotopic (exact) mass is 186 g/mol. The molecule has 0 spiro atoms. The van der Waals surface area contributed by atoms with Crippen molar-refractivity contribution in [3.63, 3.8) is 0 Å². The lowest BCUT2D eigenvalue weighted by Gasteiger charge is -2.19. The predicted molar refractivity (Wildman–Crippen MR) is 52.3 cm³/mol. The quantitative estimate of drug-likeness (QED) is 0.486. The van der Waals surface area contributed by atoms with E-state index in [4.69, 9.17) is 16.3 Å². The lowest BCUT2D eigenvalue weighted by molar-refractivity contribution is 0.124. The molecule has 0 amide bonds. The van der Waals surface area contributed by atoms with E-state index in [9.17, 15) is 0 Å². The summed E-state index contributed by atoms with van der Waals surface area (Å²) in [6.07, 6.45) is 8.30. The van der Waals surface area contributed by atoms with E-state index in [0.29, 0.717) is 0 Å². The highest BCUT2D eigenvalue weighted by molar-refractivity contribution is 6.23. The van der Waals surface area contributed by atoms with Gasteiger partial charge in [-0.05, 0) is 25.8 Å². The van der Waals surface area contributed by atoms with E-state index in [-0.39, 0.29) is 11.5 Å². The summed E-state index contributed by atoms with van der Waals surface area (Å²) in [4.78, 5) is 0. The van der Waals surface area contributed by atoms with Gasteiger partial charge in [-0.1, -0.05) is 19.1 Å². The van der Waals surface area contributed by atoms with Gasteiger partial charge in [-0.2, -0.15) is 0 Å². The molecule has 1 nitrogen and oxygen atoms in total. The average Bonchev–Trinajstić information content (AvgIpc) is 2.09. The highest BCUT2D eigenvalue weighted by atomic mass is 35.5. The molecule has 0 radical (unpaired) electrons. The summed E-state index contributed by atoms with van der Waals surface area (Å²) in [6, 6.07) is 0. The molecule has 0 saturated carbocycles. The summed E-state index contributed by atoms with van der Waals surface area (Å²) in [7, 11) is 0. The Bertz CT molecular complexity index is 196. The predicted octanol–water partition coefficient (Wildman–Crippen LogP) is 3.25. The minimum Gasteiger partial charge on any atom is -0.493 e. The lowest BCUT2D eigenvalue weighted by atomic mass is 10.1. The van der Waals surface area contributed by atoms with Gasteiger partial charge in [0.2, 0.25) is 0 Å². The van der Waals surface area contributed by atoms with Gasteiger partial charge in [-0.3, -0.25) is 0 Å². The van der Waals surface area contributed by atoms with Crippen LogP contribution in [-0.4, -0.2) is 11.5 Å². The maximum atomic E-state index is 6.00. The van der Waals surface area contributed by atoms with Gasteiger partial charge in [0.15, 0.2) is 0 Å². The molecule has 0 heterocycles. The van der Waals surface area contributed by atoms with Crippen LogP contribution < -0.4 is 0 Å². The summed E-state index contributed by atoms with van der Waals surface area (Å²) >= 11 is 6.00. The Hall–Kier alpha value is -0.430. The van der Waals surface area contributed by atoms with Crippen LogP contribution in [-0.2, 0) is 4.74 Å². The maximum absolute atomic E-state index is 6.00. The molecule has 0 fully saturated rings. The van der Waals surface area contributed by atoms with Crippen molar-refractivity contribution in [2.24, 2.45) is 0 Å². The molecule has 0 aromatic carbocycles. The van der Waals surface area contributed by atoms with Gasteiger partial charge in [0.1, 0.15) is 11.1 Å². The molecule has 2 heteroatoms. The third-order valence-corrected chi connectivity index (χ3v) is 2.30. The molecule has 1 aliphatic carbocycles. The first-order valence-electron chi connectivity index (χ1n) is 4.41. The van der Waals surface area contributed by atoms with Crippen molar-refractivity contribution in [1.29, 1.82) is 0 Å². The second-order valence-electron chi connectivity index (χ2n) is 3.01. The average molecular weight is 187 g/mol. The minimum atomic E-state index is -0.0623. The molecule has 2 unspecified atom stereocenters. The van der Waals surface area contributed by atoms with Crippen molar-refractivity contribution in [2.45, 2.75) is 38.2 Å². The van der Waals surface area contributed by atoms with Crippen LogP contribution in [0.1, 0.15) is 26.7 Å².